The van der Waals surface area contributed by atoms with E-state index in [9.17, 15) is 14.4 Å². The van der Waals surface area contributed by atoms with Gasteiger partial charge >= 0.3 is 18.3 Å². The van der Waals surface area contributed by atoms with E-state index >= 15 is 0 Å². The van der Waals surface area contributed by atoms with Gasteiger partial charge in [0.15, 0.2) is 0 Å². The molecule has 0 aliphatic carbocycles. The van der Waals surface area contributed by atoms with E-state index in [1.807, 2.05) is 0 Å². The average Bonchev–Trinajstić information content (AvgIpc) is 2.60. The summed E-state index contributed by atoms with van der Waals surface area (Å²) >= 11 is 0. The van der Waals surface area contributed by atoms with Gasteiger partial charge in [0, 0.05) is 0 Å². The minimum absolute atomic E-state index is 0.232. The molecule has 24 heavy (non-hydrogen) atoms. The maximum Gasteiger partial charge on any atom is 0.558 e. The Morgan fingerprint density at radius 2 is 1.08 bits per heavy atom. The SMILES string of the molecule is O=C(NOC(=O)ONC(=O)OC1CCNCC1)OC1CCNCC1. The summed E-state index contributed by atoms with van der Waals surface area (Å²) in [5.74, 6) is 0. The number of hydrogen-bond acceptors (Lipinski definition) is 9. The van der Waals surface area contributed by atoms with Crippen LogP contribution in [0, 0.1) is 0 Å². The molecular weight excluding hydrogens is 324 g/mol. The summed E-state index contributed by atoms with van der Waals surface area (Å²) in [7, 11) is 0. The second-order valence-electron chi connectivity index (χ2n) is 5.37. The van der Waals surface area contributed by atoms with Crippen LogP contribution in [0.25, 0.3) is 0 Å². The first kappa shape index (κ1) is 18.1. The van der Waals surface area contributed by atoms with Crippen LogP contribution < -0.4 is 21.6 Å². The van der Waals surface area contributed by atoms with Gasteiger partial charge in [-0.15, -0.1) is 11.0 Å². The molecule has 11 nitrogen and oxygen atoms in total. The first-order chi connectivity index (χ1) is 11.6. The molecule has 11 heteroatoms. The Kier molecular flexibility index (Phi) is 7.36. The van der Waals surface area contributed by atoms with Gasteiger partial charge in [0.2, 0.25) is 0 Å². The predicted molar refractivity (Wildman–Crippen MR) is 78.6 cm³/mol. The second kappa shape index (κ2) is 9.78. The molecule has 0 atom stereocenters. The number of hydroxylamine groups is 2. The third-order valence-electron chi connectivity index (χ3n) is 3.56. The summed E-state index contributed by atoms with van der Waals surface area (Å²) in [6.07, 6.45) is -0.868. The fraction of sp³-hybridized carbons (Fsp3) is 0.769. The number of nitrogens with one attached hydrogen (secondary N) is 4. The van der Waals surface area contributed by atoms with Gasteiger partial charge in [0.1, 0.15) is 12.2 Å². The van der Waals surface area contributed by atoms with Crippen LogP contribution in [0.15, 0.2) is 0 Å². The van der Waals surface area contributed by atoms with Crippen molar-refractivity contribution in [1.29, 1.82) is 0 Å². The Bertz CT molecular complexity index is 398. The van der Waals surface area contributed by atoms with Crippen molar-refractivity contribution in [3.8, 4) is 0 Å². The molecule has 2 rings (SSSR count). The molecule has 0 aromatic rings. The molecule has 2 fully saturated rings. The molecule has 0 unspecified atom stereocenters. The van der Waals surface area contributed by atoms with Crippen LogP contribution in [0.3, 0.4) is 0 Å². The lowest BCUT2D eigenvalue weighted by atomic mass is 10.1. The number of carbonyl (C=O) groups excluding carboxylic acids is 3. The number of piperidine rings is 2. The lowest BCUT2D eigenvalue weighted by molar-refractivity contribution is -0.0261. The normalized spacial score (nSPS) is 19.0. The molecule has 0 spiro atoms. The minimum Gasteiger partial charge on any atom is -0.444 e. The zero-order valence-corrected chi connectivity index (χ0v) is 13.2. The molecule has 2 heterocycles. The van der Waals surface area contributed by atoms with Crippen LogP contribution in [0.1, 0.15) is 25.7 Å². The molecule has 136 valence electrons. The quantitative estimate of drug-likeness (QED) is 0.400. The van der Waals surface area contributed by atoms with Gasteiger partial charge in [0.25, 0.3) is 0 Å². The Morgan fingerprint density at radius 3 is 1.46 bits per heavy atom. The number of carbonyl (C=O) groups is 3. The van der Waals surface area contributed by atoms with Crippen molar-refractivity contribution in [2.45, 2.75) is 37.9 Å². The van der Waals surface area contributed by atoms with Crippen molar-refractivity contribution >= 4 is 18.3 Å². The summed E-state index contributed by atoms with van der Waals surface area (Å²) in [4.78, 5) is 42.7. The second-order valence-corrected chi connectivity index (χ2v) is 5.37. The zero-order chi connectivity index (χ0) is 17.2. The van der Waals surface area contributed by atoms with Gasteiger partial charge in [-0.1, -0.05) is 0 Å². The number of hydrogen-bond donors (Lipinski definition) is 4. The number of amides is 2. The summed E-state index contributed by atoms with van der Waals surface area (Å²) in [6, 6.07) is 0. The molecule has 0 aromatic carbocycles. The highest BCUT2D eigenvalue weighted by atomic mass is 16.9. The summed E-state index contributed by atoms with van der Waals surface area (Å²) < 4.78 is 10.1. The van der Waals surface area contributed by atoms with Crippen molar-refractivity contribution in [2.75, 3.05) is 26.2 Å². The fourth-order valence-corrected chi connectivity index (χ4v) is 2.36. The van der Waals surface area contributed by atoms with Gasteiger partial charge in [0.05, 0.1) is 0 Å². The van der Waals surface area contributed by atoms with Gasteiger partial charge < -0.3 is 29.8 Å². The summed E-state index contributed by atoms with van der Waals surface area (Å²) in [5.41, 5.74) is 3.56. The van der Waals surface area contributed by atoms with Crippen LogP contribution in [0.2, 0.25) is 0 Å². The molecule has 2 aliphatic rings. The largest absolute Gasteiger partial charge is 0.558 e. The number of ether oxygens (including phenoxy) is 2. The maximum absolute atomic E-state index is 11.4. The van der Waals surface area contributed by atoms with Crippen LogP contribution in [-0.2, 0) is 19.1 Å². The monoisotopic (exact) mass is 346 g/mol. The van der Waals surface area contributed by atoms with Crippen LogP contribution >= 0.6 is 0 Å². The van der Waals surface area contributed by atoms with E-state index in [-0.39, 0.29) is 12.2 Å². The van der Waals surface area contributed by atoms with E-state index in [0.717, 1.165) is 26.2 Å². The Balaban J connectivity index is 1.53. The Hall–Kier alpha value is -2.27. The van der Waals surface area contributed by atoms with Crippen molar-refractivity contribution in [2.24, 2.45) is 0 Å². The molecule has 0 saturated carbocycles. The highest BCUT2D eigenvalue weighted by Crippen LogP contribution is 2.08. The topological polar surface area (TPSA) is 136 Å². The summed E-state index contributed by atoms with van der Waals surface area (Å²) in [5, 5.41) is 6.24. The Morgan fingerprint density at radius 1 is 0.708 bits per heavy atom. The van der Waals surface area contributed by atoms with Gasteiger partial charge in [-0.05, 0) is 51.9 Å². The van der Waals surface area contributed by atoms with Crippen LogP contribution in [-0.4, -0.2) is 56.7 Å². The highest BCUT2D eigenvalue weighted by Gasteiger charge is 2.20. The van der Waals surface area contributed by atoms with Crippen LogP contribution in [0.5, 0.6) is 0 Å². The molecule has 2 saturated heterocycles. The van der Waals surface area contributed by atoms with Gasteiger partial charge in [-0.25, -0.2) is 9.59 Å². The molecular formula is C13H22N4O7. The number of rotatable bonds is 2. The lowest BCUT2D eigenvalue weighted by Gasteiger charge is -2.22. The maximum atomic E-state index is 11.4. The fourth-order valence-electron chi connectivity index (χ4n) is 2.36. The van der Waals surface area contributed by atoms with E-state index in [4.69, 9.17) is 9.47 Å². The van der Waals surface area contributed by atoms with Gasteiger partial charge in [-0.2, -0.15) is 4.79 Å². The van der Waals surface area contributed by atoms with E-state index in [2.05, 4.69) is 20.3 Å². The van der Waals surface area contributed by atoms with Crippen molar-refractivity contribution < 1.29 is 33.5 Å². The lowest BCUT2D eigenvalue weighted by Crippen LogP contribution is -2.39. The zero-order valence-electron chi connectivity index (χ0n) is 13.2. The van der Waals surface area contributed by atoms with Crippen molar-refractivity contribution in [3.63, 3.8) is 0 Å². The van der Waals surface area contributed by atoms with E-state index in [1.165, 1.54) is 0 Å². The van der Waals surface area contributed by atoms with Crippen LogP contribution in [0.4, 0.5) is 14.4 Å². The molecule has 2 aliphatic heterocycles. The first-order valence-electron chi connectivity index (χ1n) is 7.86. The predicted octanol–water partition coefficient (Wildman–Crippen LogP) is -0.0740. The van der Waals surface area contributed by atoms with Crippen molar-refractivity contribution in [3.05, 3.63) is 0 Å². The summed E-state index contributed by atoms with van der Waals surface area (Å²) in [6.45, 7) is 3.02. The van der Waals surface area contributed by atoms with E-state index in [1.54, 1.807) is 11.0 Å². The third kappa shape index (κ3) is 6.87. The standard InChI is InChI=1S/C13H22N4O7/c18-11(21-9-1-5-14-6-2-9)16-23-13(20)24-17-12(19)22-10-3-7-15-8-4-10/h9-10,14-15H,1-8H2,(H,16,18)(H,17,19). The molecule has 0 aromatic heterocycles. The van der Waals surface area contributed by atoms with E-state index in [0.29, 0.717) is 25.7 Å². The third-order valence-corrected chi connectivity index (χ3v) is 3.56. The van der Waals surface area contributed by atoms with Gasteiger partial charge in [-0.3, -0.25) is 0 Å². The first-order valence-corrected chi connectivity index (χ1v) is 7.86. The van der Waals surface area contributed by atoms with Crippen molar-refractivity contribution in [1.82, 2.24) is 21.6 Å². The molecule has 0 radical (unpaired) electrons. The molecule has 2 amide bonds. The molecule has 4 N–H and O–H groups in total. The molecule has 0 bridgehead atoms. The van der Waals surface area contributed by atoms with E-state index < -0.39 is 18.3 Å². The Labute approximate surface area is 138 Å². The smallest absolute Gasteiger partial charge is 0.444 e. The highest BCUT2D eigenvalue weighted by molar-refractivity contribution is 5.71. The minimum atomic E-state index is -1.32. The average molecular weight is 346 g/mol.